The minimum absolute atomic E-state index is 0.0343. The van der Waals surface area contributed by atoms with Crippen molar-refractivity contribution in [2.45, 2.75) is 17.7 Å². The van der Waals surface area contributed by atoms with E-state index in [-0.39, 0.29) is 10.8 Å². The van der Waals surface area contributed by atoms with E-state index < -0.39 is 10.0 Å². The molecule has 0 bridgehead atoms. The van der Waals surface area contributed by atoms with Gasteiger partial charge in [-0.05, 0) is 58.7 Å². The number of hydrogen-bond acceptors (Lipinski definition) is 4. The van der Waals surface area contributed by atoms with Gasteiger partial charge in [-0.15, -0.1) is 0 Å². The fourth-order valence-electron chi connectivity index (χ4n) is 2.72. The van der Waals surface area contributed by atoms with E-state index in [1.165, 1.54) is 25.3 Å². The van der Waals surface area contributed by atoms with Crippen LogP contribution >= 0.6 is 27.5 Å². The van der Waals surface area contributed by atoms with Crippen molar-refractivity contribution >= 4 is 54.8 Å². The summed E-state index contributed by atoms with van der Waals surface area (Å²) in [7, 11) is -2.37. The second-order valence-electron chi connectivity index (χ2n) is 5.72. The second kappa shape index (κ2) is 7.46. The van der Waals surface area contributed by atoms with Crippen molar-refractivity contribution in [2.75, 3.05) is 23.3 Å². The Bertz CT molecular complexity index is 965. The molecule has 1 amide bonds. The lowest BCUT2D eigenvalue weighted by molar-refractivity contribution is -0.117. The Balaban J connectivity index is 1.96. The van der Waals surface area contributed by atoms with Gasteiger partial charge in [0.15, 0.2) is 0 Å². The van der Waals surface area contributed by atoms with Crippen molar-refractivity contribution in [1.82, 2.24) is 0 Å². The lowest BCUT2D eigenvalue weighted by atomic mass is 10.2. The number of nitrogens with one attached hydrogen (secondary N) is 1. The number of halogens is 2. The van der Waals surface area contributed by atoms with E-state index in [1.807, 2.05) is 0 Å². The summed E-state index contributed by atoms with van der Waals surface area (Å²) in [5, 5.41) is 0.392. The number of rotatable bonds is 5. The number of nitrogens with zero attached hydrogens (tertiary/aromatic N) is 1. The highest BCUT2D eigenvalue weighted by atomic mass is 79.9. The first-order valence-corrected chi connectivity index (χ1v) is 10.4. The first-order valence-electron chi connectivity index (χ1n) is 7.78. The SMILES string of the molecule is COc1ccc(S(=O)(=O)Nc2ccc(Br)c(Cl)c2)cc1N1CCCC1=O. The maximum absolute atomic E-state index is 12.7. The van der Waals surface area contributed by atoms with Crippen LogP contribution in [0.5, 0.6) is 5.75 Å². The molecule has 1 saturated heterocycles. The molecule has 1 fully saturated rings. The molecule has 0 aliphatic carbocycles. The lowest BCUT2D eigenvalue weighted by Gasteiger charge is -2.20. The molecule has 0 spiro atoms. The Morgan fingerprint density at radius 1 is 1.23 bits per heavy atom. The third-order valence-corrected chi connectivity index (χ3v) is 6.61. The van der Waals surface area contributed by atoms with Gasteiger partial charge in [0.2, 0.25) is 5.91 Å². The average Bonchev–Trinajstić information content (AvgIpc) is 3.03. The standard InChI is InChI=1S/C17H16BrClN2O4S/c1-25-16-7-5-12(10-15(16)21-8-2-3-17(21)22)26(23,24)20-11-4-6-13(18)14(19)9-11/h4-7,9-10,20H,2-3,8H2,1H3. The molecule has 1 aliphatic heterocycles. The van der Waals surface area contributed by atoms with Crippen molar-refractivity contribution in [3.05, 3.63) is 45.9 Å². The molecule has 2 aromatic rings. The van der Waals surface area contributed by atoms with Crippen LogP contribution in [0.4, 0.5) is 11.4 Å². The Kier molecular flexibility index (Phi) is 5.45. The van der Waals surface area contributed by atoms with E-state index in [4.69, 9.17) is 16.3 Å². The molecule has 9 heteroatoms. The molecular weight excluding hydrogens is 444 g/mol. The van der Waals surface area contributed by atoms with Crippen LogP contribution in [0.3, 0.4) is 0 Å². The maximum Gasteiger partial charge on any atom is 0.261 e. The molecule has 0 saturated carbocycles. The zero-order valence-electron chi connectivity index (χ0n) is 13.8. The Labute approximate surface area is 165 Å². The molecule has 0 radical (unpaired) electrons. The molecule has 0 atom stereocenters. The molecule has 1 N–H and O–H groups in total. The van der Waals surface area contributed by atoms with Gasteiger partial charge in [-0.3, -0.25) is 9.52 Å². The van der Waals surface area contributed by atoms with E-state index >= 15 is 0 Å². The van der Waals surface area contributed by atoms with Gasteiger partial charge in [0.25, 0.3) is 10.0 Å². The highest BCUT2D eigenvalue weighted by Gasteiger charge is 2.26. The monoisotopic (exact) mass is 458 g/mol. The first-order chi connectivity index (χ1) is 12.3. The number of benzene rings is 2. The highest BCUT2D eigenvalue weighted by molar-refractivity contribution is 9.10. The third-order valence-electron chi connectivity index (χ3n) is 4.00. The molecule has 2 aromatic carbocycles. The van der Waals surface area contributed by atoms with Crippen molar-refractivity contribution in [1.29, 1.82) is 0 Å². The maximum atomic E-state index is 12.7. The number of amides is 1. The van der Waals surface area contributed by atoms with Gasteiger partial charge in [0, 0.05) is 17.4 Å². The van der Waals surface area contributed by atoms with Crippen LogP contribution in [0, 0.1) is 0 Å². The van der Waals surface area contributed by atoms with Crippen LogP contribution in [0.25, 0.3) is 0 Å². The van der Waals surface area contributed by atoms with Gasteiger partial charge < -0.3 is 9.64 Å². The number of methoxy groups -OCH3 is 1. The van der Waals surface area contributed by atoms with Crippen molar-refractivity contribution in [2.24, 2.45) is 0 Å². The molecule has 6 nitrogen and oxygen atoms in total. The second-order valence-corrected chi connectivity index (χ2v) is 8.66. The molecule has 0 unspecified atom stereocenters. The van der Waals surface area contributed by atoms with Crippen LogP contribution in [-0.4, -0.2) is 28.0 Å². The largest absolute Gasteiger partial charge is 0.495 e. The predicted molar refractivity (Wildman–Crippen MR) is 105 cm³/mol. The number of anilines is 2. The number of carbonyl (C=O) groups excluding carboxylic acids is 1. The lowest BCUT2D eigenvalue weighted by Crippen LogP contribution is -2.24. The van der Waals surface area contributed by atoms with E-state index in [1.54, 1.807) is 23.1 Å². The summed E-state index contributed by atoms with van der Waals surface area (Å²) in [5.74, 6) is 0.399. The number of ether oxygens (including phenoxy) is 1. The van der Waals surface area contributed by atoms with Crippen molar-refractivity contribution in [3.63, 3.8) is 0 Å². The van der Waals surface area contributed by atoms with Gasteiger partial charge in [-0.2, -0.15) is 0 Å². The number of hydrogen-bond donors (Lipinski definition) is 1. The minimum atomic E-state index is -3.85. The van der Waals surface area contributed by atoms with Gasteiger partial charge >= 0.3 is 0 Å². The fraction of sp³-hybridized carbons (Fsp3) is 0.235. The first kappa shape index (κ1) is 19.0. The van der Waals surface area contributed by atoms with E-state index in [0.717, 1.165) is 6.42 Å². The Hall–Kier alpha value is -1.77. The summed E-state index contributed by atoms with van der Waals surface area (Å²) < 4.78 is 33.9. The summed E-state index contributed by atoms with van der Waals surface area (Å²) in [5.41, 5.74) is 0.791. The topological polar surface area (TPSA) is 75.7 Å². The van der Waals surface area contributed by atoms with Gasteiger partial charge in [-0.1, -0.05) is 11.6 Å². The van der Waals surface area contributed by atoms with Crippen LogP contribution in [0.2, 0.25) is 5.02 Å². The van der Waals surface area contributed by atoms with E-state index in [2.05, 4.69) is 20.7 Å². The molecule has 0 aromatic heterocycles. The van der Waals surface area contributed by atoms with E-state index in [9.17, 15) is 13.2 Å². The number of sulfonamides is 1. The van der Waals surface area contributed by atoms with Crippen molar-refractivity contribution < 1.29 is 17.9 Å². The van der Waals surface area contributed by atoms with Gasteiger partial charge in [0.1, 0.15) is 5.75 Å². The summed E-state index contributed by atoms with van der Waals surface area (Å²) in [6.07, 6.45) is 1.17. The summed E-state index contributed by atoms with van der Waals surface area (Å²) >= 11 is 9.28. The van der Waals surface area contributed by atoms with Crippen molar-refractivity contribution in [3.8, 4) is 5.75 Å². The van der Waals surface area contributed by atoms with Gasteiger partial charge in [0.05, 0.1) is 28.4 Å². The highest BCUT2D eigenvalue weighted by Crippen LogP contribution is 2.34. The molecular formula is C17H16BrClN2O4S. The zero-order chi connectivity index (χ0) is 18.9. The minimum Gasteiger partial charge on any atom is -0.495 e. The Morgan fingerprint density at radius 3 is 2.62 bits per heavy atom. The normalized spacial score (nSPS) is 14.6. The molecule has 1 heterocycles. The van der Waals surface area contributed by atoms with Crippen LogP contribution < -0.4 is 14.4 Å². The Morgan fingerprint density at radius 2 is 2.00 bits per heavy atom. The molecule has 1 aliphatic rings. The zero-order valence-corrected chi connectivity index (χ0v) is 17.0. The quantitative estimate of drug-likeness (QED) is 0.732. The third kappa shape index (κ3) is 3.82. The molecule has 3 rings (SSSR count). The average molecular weight is 460 g/mol. The predicted octanol–water partition coefficient (Wildman–Crippen LogP) is 4.04. The summed E-state index contributed by atoms with van der Waals surface area (Å²) in [6, 6.07) is 9.20. The summed E-state index contributed by atoms with van der Waals surface area (Å²) in [4.78, 5) is 13.6. The van der Waals surface area contributed by atoms with Crippen LogP contribution in [0.15, 0.2) is 45.8 Å². The fourth-order valence-corrected chi connectivity index (χ4v) is 4.22. The molecule has 138 valence electrons. The van der Waals surface area contributed by atoms with Crippen LogP contribution in [0.1, 0.15) is 12.8 Å². The number of carbonyl (C=O) groups is 1. The van der Waals surface area contributed by atoms with Crippen LogP contribution in [-0.2, 0) is 14.8 Å². The van der Waals surface area contributed by atoms with Gasteiger partial charge in [-0.25, -0.2) is 8.42 Å². The summed E-state index contributed by atoms with van der Waals surface area (Å²) in [6.45, 7) is 0.536. The molecule has 26 heavy (non-hydrogen) atoms. The van der Waals surface area contributed by atoms with E-state index in [0.29, 0.717) is 39.6 Å². The smallest absolute Gasteiger partial charge is 0.261 e.